The van der Waals surface area contributed by atoms with E-state index in [0.717, 1.165) is 11.1 Å². The fourth-order valence-corrected chi connectivity index (χ4v) is 2.07. The van der Waals surface area contributed by atoms with Crippen LogP contribution < -0.4 is 5.32 Å². The predicted molar refractivity (Wildman–Crippen MR) is 94.7 cm³/mol. The number of ketones is 1. The van der Waals surface area contributed by atoms with Gasteiger partial charge in [-0.25, -0.2) is 4.79 Å². The molecule has 0 atom stereocenters. The number of nitrogens with one attached hydrogen (secondary N) is 1. The second-order valence-corrected chi connectivity index (χ2v) is 5.23. The van der Waals surface area contributed by atoms with Gasteiger partial charge in [0.05, 0.1) is 12.5 Å². The van der Waals surface area contributed by atoms with Crippen molar-refractivity contribution < 1.29 is 14.3 Å². The van der Waals surface area contributed by atoms with E-state index < -0.39 is 6.09 Å². The van der Waals surface area contributed by atoms with Gasteiger partial charge in [-0.1, -0.05) is 66.7 Å². The van der Waals surface area contributed by atoms with Crippen LogP contribution in [0.15, 0.2) is 60.7 Å². The first kappa shape index (κ1) is 18.0. The molecule has 0 unspecified atom stereocenters. The molecule has 0 saturated carbocycles. The summed E-state index contributed by atoms with van der Waals surface area (Å²) in [5.74, 6) is -0.194. The Labute approximate surface area is 146 Å². The molecule has 126 valence electrons. The molecule has 25 heavy (non-hydrogen) atoms. The number of carbonyl (C=O) groups excluding carboxylic acids is 2. The van der Waals surface area contributed by atoms with Crippen LogP contribution in [0.25, 0.3) is 6.08 Å². The van der Waals surface area contributed by atoms with E-state index in [1.54, 1.807) is 30.3 Å². The molecule has 2 aromatic carbocycles. The Morgan fingerprint density at radius 3 is 2.48 bits per heavy atom. The van der Waals surface area contributed by atoms with E-state index in [-0.39, 0.29) is 18.8 Å². The number of carbonyl (C=O) groups is 2. The van der Waals surface area contributed by atoms with E-state index in [9.17, 15) is 9.59 Å². The molecule has 1 amide bonds. The molecule has 0 aliphatic rings. The maximum atomic E-state index is 11.6. The summed E-state index contributed by atoms with van der Waals surface area (Å²) in [5, 5.41) is 11.1. The van der Waals surface area contributed by atoms with Crippen LogP contribution in [-0.2, 0) is 11.3 Å². The van der Waals surface area contributed by atoms with Gasteiger partial charge in [-0.05, 0) is 11.1 Å². The van der Waals surface area contributed by atoms with E-state index in [4.69, 9.17) is 10.00 Å². The van der Waals surface area contributed by atoms with Gasteiger partial charge >= 0.3 is 6.09 Å². The third kappa shape index (κ3) is 6.32. The Bertz CT molecular complexity index is 775. The molecule has 1 N–H and O–H groups in total. The highest BCUT2D eigenvalue weighted by atomic mass is 16.5. The Kier molecular flexibility index (Phi) is 6.95. The Balaban J connectivity index is 1.72. The van der Waals surface area contributed by atoms with E-state index in [1.807, 2.05) is 42.5 Å². The van der Waals surface area contributed by atoms with Crippen LogP contribution in [0.1, 0.15) is 27.9 Å². The zero-order valence-electron chi connectivity index (χ0n) is 13.6. The minimum atomic E-state index is -0.481. The molecule has 0 fully saturated rings. The maximum Gasteiger partial charge on any atom is 0.407 e. The number of benzene rings is 2. The number of alkyl carbamates (subject to hydrolysis) is 1. The number of nitrogens with zero attached hydrogens (tertiary/aromatic N) is 1. The lowest BCUT2D eigenvalue weighted by atomic mass is 10.1. The van der Waals surface area contributed by atoms with E-state index in [1.165, 1.54) is 0 Å². The summed E-state index contributed by atoms with van der Waals surface area (Å²) < 4.78 is 5.10. The van der Waals surface area contributed by atoms with Crippen molar-refractivity contribution in [1.82, 2.24) is 5.32 Å². The normalized spacial score (nSPS) is 10.2. The number of rotatable bonds is 7. The van der Waals surface area contributed by atoms with Crippen molar-refractivity contribution in [2.75, 3.05) is 6.54 Å². The van der Waals surface area contributed by atoms with Crippen LogP contribution >= 0.6 is 0 Å². The van der Waals surface area contributed by atoms with Gasteiger partial charge in [0.25, 0.3) is 0 Å². The summed E-state index contributed by atoms with van der Waals surface area (Å²) in [6.45, 7) is 0.567. The SMILES string of the molecule is N#CCC(=O)c1ccc(C=CCNC(=O)OCc2ccccc2)cc1. The Hall–Kier alpha value is -3.39. The summed E-state index contributed by atoms with van der Waals surface area (Å²) in [5.41, 5.74) is 2.34. The molecule has 0 heterocycles. The zero-order valence-corrected chi connectivity index (χ0v) is 13.6. The van der Waals surface area contributed by atoms with Gasteiger partial charge in [0.2, 0.25) is 0 Å². The Morgan fingerprint density at radius 2 is 1.80 bits per heavy atom. The molecule has 0 bridgehead atoms. The van der Waals surface area contributed by atoms with Crippen molar-refractivity contribution in [2.45, 2.75) is 13.0 Å². The van der Waals surface area contributed by atoms with Crippen LogP contribution in [0.5, 0.6) is 0 Å². The highest BCUT2D eigenvalue weighted by molar-refractivity contribution is 5.97. The summed E-state index contributed by atoms with van der Waals surface area (Å²) >= 11 is 0. The monoisotopic (exact) mass is 334 g/mol. The highest BCUT2D eigenvalue weighted by Crippen LogP contribution is 2.08. The second-order valence-electron chi connectivity index (χ2n) is 5.23. The molecule has 0 aromatic heterocycles. The van der Waals surface area contributed by atoms with Crippen LogP contribution in [0, 0.1) is 11.3 Å². The lowest BCUT2D eigenvalue weighted by Gasteiger charge is -2.05. The highest BCUT2D eigenvalue weighted by Gasteiger charge is 2.04. The zero-order chi connectivity index (χ0) is 17.9. The molecule has 5 nitrogen and oxygen atoms in total. The molecule has 0 spiro atoms. The van der Waals surface area contributed by atoms with Gasteiger partial charge in [0.15, 0.2) is 5.78 Å². The van der Waals surface area contributed by atoms with Gasteiger partial charge in [-0.2, -0.15) is 5.26 Å². The van der Waals surface area contributed by atoms with Gasteiger partial charge in [-0.3, -0.25) is 4.79 Å². The van der Waals surface area contributed by atoms with Crippen molar-refractivity contribution in [3.8, 4) is 6.07 Å². The predicted octanol–water partition coefficient (Wildman–Crippen LogP) is 3.72. The van der Waals surface area contributed by atoms with Crippen molar-refractivity contribution in [1.29, 1.82) is 5.26 Å². The van der Waals surface area contributed by atoms with Crippen molar-refractivity contribution in [3.63, 3.8) is 0 Å². The standard InChI is InChI=1S/C20H18N2O3/c21-13-12-19(23)18-10-8-16(9-11-18)7-4-14-22-20(24)25-15-17-5-2-1-3-6-17/h1-11H,12,14-15H2,(H,22,24). The molecule has 0 aliphatic carbocycles. The average Bonchev–Trinajstić information content (AvgIpc) is 2.65. The summed E-state index contributed by atoms with van der Waals surface area (Å²) in [6, 6.07) is 18.2. The molecule has 0 saturated heterocycles. The fourth-order valence-electron chi connectivity index (χ4n) is 2.07. The van der Waals surface area contributed by atoms with E-state index >= 15 is 0 Å². The number of Topliss-reactive ketones (excluding diaryl/α,β-unsaturated/α-hetero) is 1. The first-order valence-corrected chi connectivity index (χ1v) is 7.80. The second kappa shape index (κ2) is 9.68. The number of nitriles is 1. The third-order valence-corrected chi connectivity index (χ3v) is 3.36. The smallest absolute Gasteiger partial charge is 0.407 e. The number of amides is 1. The molecular weight excluding hydrogens is 316 g/mol. The van der Waals surface area contributed by atoms with Crippen LogP contribution in [0.4, 0.5) is 4.79 Å². The summed E-state index contributed by atoms with van der Waals surface area (Å²) in [4.78, 5) is 23.1. The number of ether oxygens (including phenoxy) is 1. The fraction of sp³-hybridized carbons (Fsp3) is 0.150. The van der Waals surface area contributed by atoms with E-state index in [0.29, 0.717) is 12.1 Å². The lowest BCUT2D eigenvalue weighted by Crippen LogP contribution is -2.24. The molecule has 0 radical (unpaired) electrons. The quantitative estimate of drug-likeness (QED) is 0.783. The van der Waals surface area contributed by atoms with Crippen molar-refractivity contribution in [3.05, 3.63) is 77.4 Å². The van der Waals surface area contributed by atoms with Crippen molar-refractivity contribution >= 4 is 18.0 Å². The molecule has 2 aromatic rings. The first-order chi connectivity index (χ1) is 12.2. The maximum absolute atomic E-state index is 11.6. The Morgan fingerprint density at radius 1 is 1.08 bits per heavy atom. The number of hydrogen-bond donors (Lipinski definition) is 1. The van der Waals surface area contributed by atoms with Gasteiger partial charge in [0, 0.05) is 12.1 Å². The summed E-state index contributed by atoms with van der Waals surface area (Å²) in [6.07, 6.45) is 3.02. The topological polar surface area (TPSA) is 79.2 Å². The van der Waals surface area contributed by atoms with Crippen LogP contribution in [0.2, 0.25) is 0 Å². The lowest BCUT2D eigenvalue weighted by molar-refractivity contribution is 0.0997. The summed E-state index contributed by atoms with van der Waals surface area (Å²) in [7, 11) is 0. The first-order valence-electron chi connectivity index (χ1n) is 7.80. The van der Waals surface area contributed by atoms with E-state index in [2.05, 4.69) is 5.32 Å². The van der Waals surface area contributed by atoms with Gasteiger partial charge in [0.1, 0.15) is 6.61 Å². The molecule has 5 heteroatoms. The van der Waals surface area contributed by atoms with Gasteiger partial charge in [-0.15, -0.1) is 0 Å². The largest absolute Gasteiger partial charge is 0.445 e. The van der Waals surface area contributed by atoms with Crippen LogP contribution in [-0.4, -0.2) is 18.4 Å². The molecule has 2 rings (SSSR count). The van der Waals surface area contributed by atoms with Crippen molar-refractivity contribution in [2.24, 2.45) is 0 Å². The molecular formula is C20H18N2O3. The van der Waals surface area contributed by atoms with Gasteiger partial charge < -0.3 is 10.1 Å². The third-order valence-electron chi connectivity index (χ3n) is 3.36. The minimum Gasteiger partial charge on any atom is -0.445 e. The minimum absolute atomic E-state index is 0.121. The molecule has 0 aliphatic heterocycles. The number of hydrogen-bond acceptors (Lipinski definition) is 4. The van der Waals surface area contributed by atoms with Crippen LogP contribution in [0.3, 0.4) is 0 Å². The average molecular weight is 334 g/mol.